The molecule has 2 rings (SSSR count). The van der Waals surface area contributed by atoms with Crippen molar-refractivity contribution in [3.05, 3.63) is 40.7 Å². The molecule has 19 heavy (non-hydrogen) atoms. The zero-order chi connectivity index (χ0) is 14.5. The van der Waals surface area contributed by atoms with Gasteiger partial charge in [0.15, 0.2) is 29.1 Å². The molecule has 0 amide bonds. The van der Waals surface area contributed by atoms with Crippen LogP contribution in [0.25, 0.3) is 10.8 Å². The molecule has 0 fully saturated rings. The lowest BCUT2D eigenvalue weighted by Gasteiger charge is -2.10. The lowest BCUT2D eigenvalue weighted by Crippen LogP contribution is -2.23. The third kappa shape index (κ3) is 1.86. The Morgan fingerprint density at radius 1 is 0.474 bits per heavy atom. The first-order valence-electron chi connectivity index (χ1n) is 4.69. The highest BCUT2D eigenvalue weighted by Crippen LogP contribution is 2.31. The van der Waals surface area contributed by atoms with Crippen molar-refractivity contribution in [1.82, 2.24) is 0 Å². The van der Waals surface area contributed by atoms with Crippen molar-refractivity contribution >= 4 is 35.4 Å². The van der Waals surface area contributed by atoms with Crippen LogP contribution in [-0.2, 0) is 0 Å². The summed E-state index contributed by atoms with van der Waals surface area (Å²) >= 11 is -3.12. The summed E-state index contributed by atoms with van der Waals surface area (Å²) in [5, 5.41) is -3.37. The molecule has 0 N–H and O–H groups in total. The van der Waals surface area contributed by atoms with Crippen LogP contribution >= 0.6 is 0 Å². The maximum absolute atomic E-state index is 13.6. The number of benzene rings is 2. The van der Waals surface area contributed by atoms with E-state index in [1.165, 1.54) is 0 Å². The molecule has 0 saturated carbocycles. The molecule has 2 aromatic rings. The highest BCUT2D eigenvalue weighted by Gasteiger charge is 2.30. The molecule has 0 aliphatic heterocycles. The molecule has 98 valence electrons. The molecule has 0 radical (unpaired) electrons. The second kappa shape index (κ2) is 4.78. The van der Waals surface area contributed by atoms with Gasteiger partial charge in [-0.25, -0.2) is 30.7 Å². The van der Waals surface area contributed by atoms with Crippen molar-refractivity contribution in [3.63, 3.8) is 0 Å². The fourth-order valence-electron chi connectivity index (χ4n) is 1.65. The van der Waals surface area contributed by atoms with Crippen LogP contribution in [0.1, 0.15) is 0 Å². The van der Waals surface area contributed by atoms with Gasteiger partial charge in [0, 0.05) is 0 Å². The minimum atomic E-state index is -3.12. The molecule has 0 bridgehead atoms. The number of hydrogen-bond acceptors (Lipinski definition) is 0. The van der Waals surface area contributed by atoms with E-state index in [4.69, 9.17) is 0 Å². The summed E-state index contributed by atoms with van der Waals surface area (Å²) in [4.78, 5) is 0. The fourth-order valence-corrected chi connectivity index (χ4v) is 2.22. The van der Waals surface area contributed by atoms with Gasteiger partial charge < -0.3 is 2.96 Å². The summed E-state index contributed by atoms with van der Waals surface area (Å²) in [6.45, 7) is 0. The van der Waals surface area contributed by atoms with E-state index in [0.29, 0.717) is 0 Å². The van der Waals surface area contributed by atoms with Gasteiger partial charge in [-0.15, -0.1) is 0 Å². The third-order valence-electron chi connectivity index (χ3n) is 2.56. The molecule has 0 heterocycles. The van der Waals surface area contributed by atoms with Gasteiger partial charge >= 0.3 is 20.9 Å². The normalized spacial score (nSPS) is 10.9. The lowest BCUT2D eigenvalue weighted by molar-refractivity contribution is 0.412. The quantitative estimate of drug-likeness (QED) is 0.328. The Morgan fingerprint density at radius 2 is 0.842 bits per heavy atom. The summed E-state index contributed by atoms with van der Waals surface area (Å²) in [6, 6.07) is 0. The number of rotatable bonds is 1. The van der Waals surface area contributed by atoms with Crippen molar-refractivity contribution in [2.24, 2.45) is 0 Å². The Morgan fingerprint density at radius 3 is 1.26 bits per heavy atom. The van der Waals surface area contributed by atoms with E-state index in [2.05, 4.69) is 0 Å². The highest BCUT2D eigenvalue weighted by atomic mass is 24.6. The molecule has 0 nitrogen and oxygen atoms in total. The fraction of sp³-hybridized carbons (Fsp3) is 0. The SMILES string of the molecule is [F][Mg][c]1c(F)c(F)c2c(F)c(F)c(F)c(F)c2c1F. The standard InChI is InChI=1S/C10F7.FH.Mg/c11-2-1-3(12)6(13)5-4(2)7(14)9(16)10(17)8(5)15;;/h;1H;/q;;+1/p-1. The average molecular weight is 296 g/mol. The van der Waals surface area contributed by atoms with Gasteiger partial charge in [-0.3, -0.25) is 0 Å². The maximum Gasteiger partial charge on any atom is 0.658 e. The lowest BCUT2D eigenvalue weighted by atomic mass is 10.1. The largest absolute Gasteiger partial charge is 0.658 e. The predicted molar refractivity (Wildman–Crippen MR) is 50.1 cm³/mol. The molecule has 0 aliphatic carbocycles. The molecule has 0 aliphatic rings. The Labute approximate surface area is 110 Å². The first-order valence-corrected chi connectivity index (χ1v) is 5.94. The van der Waals surface area contributed by atoms with Crippen molar-refractivity contribution < 1.29 is 33.7 Å². The van der Waals surface area contributed by atoms with E-state index in [-0.39, 0.29) is 0 Å². The van der Waals surface area contributed by atoms with E-state index >= 15 is 0 Å². The maximum atomic E-state index is 13.6. The van der Waals surface area contributed by atoms with E-state index < -0.39 is 76.1 Å². The zero-order valence-corrected chi connectivity index (χ0v) is 10.1. The van der Waals surface area contributed by atoms with Gasteiger partial charge in [-0.2, -0.15) is 0 Å². The van der Waals surface area contributed by atoms with Crippen LogP contribution in [0, 0.1) is 40.7 Å². The highest BCUT2D eigenvalue weighted by molar-refractivity contribution is 6.47. The molecular formula is C10F8Mg. The van der Waals surface area contributed by atoms with Crippen LogP contribution in [-0.4, -0.2) is 20.9 Å². The van der Waals surface area contributed by atoms with E-state index in [0.717, 1.165) is 0 Å². The Bertz CT molecular complexity index is 696. The second-order valence-electron chi connectivity index (χ2n) is 3.56. The zero-order valence-electron chi connectivity index (χ0n) is 8.73. The van der Waals surface area contributed by atoms with Crippen LogP contribution < -0.4 is 3.69 Å². The summed E-state index contributed by atoms with van der Waals surface area (Å²) in [6.07, 6.45) is 0. The number of fused-ring (bicyclic) bond motifs is 1. The van der Waals surface area contributed by atoms with Crippen LogP contribution in [0.15, 0.2) is 0 Å². The molecule has 0 unspecified atom stereocenters. The van der Waals surface area contributed by atoms with Gasteiger partial charge in [0.05, 0.1) is 10.8 Å². The Hall–Kier alpha value is -1.09. The smallest absolute Gasteiger partial charge is 0.475 e. The monoisotopic (exact) mass is 296 g/mol. The van der Waals surface area contributed by atoms with Crippen LogP contribution in [0.2, 0.25) is 0 Å². The topological polar surface area (TPSA) is 0 Å². The van der Waals surface area contributed by atoms with E-state index in [1.54, 1.807) is 0 Å². The number of hydrogen-bond donors (Lipinski definition) is 0. The van der Waals surface area contributed by atoms with Gasteiger partial charge in [0.25, 0.3) is 0 Å². The molecule has 2 aromatic carbocycles. The van der Waals surface area contributed by atoms with Crippen LogP contribution in [0.4, 0.5) is 33.7 Å². The second-order valence-corrected chi connectivity index (χ2v) is 4.53. The molecule has 0 spiro atoms. The molecule has 0 saturated heterocycles. The van der Waals surface area contributed by atoms with Gasteiger partial charge in [-0.05, 0) is 3.69 Å². The molecule has 9 heteroatoms. The minimum Gasteiger partial charge on any atom is -0.475 e. The summed E-state index contributed by atoms with van der Waals surface area (Å²) in [5.74, 6) is -15.5. The minimum absolute atomic E-state index is 1.39. The van der Waals surface area contributed by atoms with Gasteiger partial charge in [-0.1, -0.05) is 0 Å². The van der Waals surface area contributed by atoms with Crippen LogP contribution in [0.5, 0.6) is 0 Å². The van der Waals surface area contributed by atoms with Crippen molar-refractivity contribution in [1.29, 1.82) is 0 Å². The van der Waals surface area contributed by atoms with E-state index in [1.807, 2.05) is 0 Å². The first kappa shape index (κ1) is 14.3. The number of halogens is 8. The van der Waals surface area contributed by atoms with E-state index in [9.17, 15) is 33.7 Å². The third-order valence-corrected chi connectivity index (χ3v) is 3.45. The van der Waals surface area contributed by atoms with Crippen LogP contribution in [0.3, 0.4) is 0 Å². The molecular weight excluding hydrogens is 296 g/mol. The van der Waals surface area contributed by atoms with Crippen molar-refractivity contribution in [2.45, 2.75) is 0 Å². The summed E-state index contributed by atoms with van der Waals surface area (Å²) < 4.78 is 104. The first-order chi connectivity index (χ1) is 8.82. The molecule has 0 aromatic heterocycles. The predicted octanol–water partition coefficient (Wildman–Crippen LogP) is 3.03. The van der Waals surface area contributed by atoms with Gasteiger partial charge in [0.2, 0.25) is 0 Å². The van der Waals surface area contributed by atoms with Gasteiger partial charge in [0.1, 0.15) is 11.6 Å². The Kier molecular flexibility index (Phi) is 3.60. The average Bonchev–Trinajstić information content (AvgIpc) is 2.38. The summed E-state index contributed by atoms with van der Waals surface area (Å²) in [5.41, 5.74) is 0. The Balaban J connectivity index is 3.18. The molecule has 0 atom stereocenters. The van der Waals surface area contributed by atoms with Crippen molar-refractivity contribution in [3.8, 4) is 0 Å². The summed E-state index contributed by atoms with van der Waals surface area (Å²) in [7, 11) is 0. The van der Waals surface area contributed by atoms with Crippen molar-refractivity contribution in [2.75, 3.05) is 0 Å².